The molecule has 1 aromatic heterocycles. The van der Waals surface area contributed by atoms with E-state index in [1.807, 2.05) is 0 Å². The molecule has 1 saturated carbocycles. The summed E-state index contributed by atoms with van der Waals surface area (Å²) in [6, 6.07) is 8.97. The Hall–Kier alpha value is -3.03. The Balaban J connectivity index is 1.77. The SMILES string of the molecule is O=C(Cn1nc(-c2cccc([N+](=O)[O-])c2)ccc1=O)NC1CCCCC1. The molecule has 0 unspecified atom stereocenters. The van der Waals surface area contributed by atoms with Gasteiger partial charge in [-0.25, -0.2) is 4.68 Å². The molecule has 3 rings (SSSR count). The number of benzene rings is 1. The number of carbonyl (C=O) groups excluding carboxylic acids is 1. The summed E-state index contributed by atoms with van der Waals surface area (Å²) < 4.78 is 1.09. The minimum absolute atomic E-state index is 0.0582. The maximum absolute atomic E-state index is 12.2. The van der Waals surface area contributed by atoms with Crippen LogP contribution < -0.4 is 10.9 Å². The summed E-state index contributed by atoms with van der Waals surface area (Å²) >= 11 is 0. The van der Waals surface area contributed by atoms with Crippen LogP contribution in [0.1, 0.15) is 32.1 Å². The third-order valence-corrected chi connectivity index (χ3v) is 4.48. The maximum Gasteiger partial charge on any atom is 0.270 e. The van der Waals surface area contributed by atoms with E-state index in [-0.39, 0.29) is 24.2 Å². The van der Waals surface area contributed by atoms with E-state index in [1.54, 1.807) is 12.1 Å². The van der Waals surface area contributed by atoms with E-state index in [1.165, 1.54) is 30.7 Å². The number of nitro groups is 1. The highest BCUT2D eigenvalue weighted by atomic mass is 16.6. The van der Waals surface area contributed by atoms with Crippen molar-refractivity contribution < 1.29 is 9.72 Å². The van der Waals surface area contributed by atoms with Gasteiger partial charge in [0.05, 0.1) is 10.6 Å². The van der Waals surface area contributed by atoms with Crippen molar-refractivity contribution in [2.24, 2.45) is 0 Å². The normalized spacial score (nSPS) is 14.8. The van der Waals surface area contributed by atoms with E-state index in [4.69, 9.17) is 0 Å². The van der Waals surface area contributed by atoms with Crippen LogP contribution in [-0.2, 0) is 11.3 Å². The quantitative estimate of drug-likeness (QED) is 0.653. The number of nitro benzene ring substituents is 1. The predicted molar refractivity (Wildman–Crippen MR) is 95.6 cm³/mol. The van der Waals surface area contributed by atoms with Gasteiger partial charge in [-0.2, -0.15) is 5.10 Å². The molecule has 1 fully saturated rings. The second kappa shape index (κ2) is 7.90. The third kappa shape index (κ3) is 4.33. The van der Waals surface area contributed by atoms with Crippen molar-refractivity contribution in [3.05, 3.63) is 56.9 Å². The molecule has 2 aromatic rings. The number of carbonyl (C=O) groups is 1. The topological polar surface area (TPSA) is 107 Å². The molecule has 1 aliphatic carbocycles. The first-order chi connectivity index (χ1) is 12.5. The summed E-state index contributed by atoms with van der Waals surface area (Å²) in [5.74, 6) is -0.248. The van der Waals surface area contributed by atoms with Gasteiger partial charge in [-0.1, -0.05) is 31.4 Å². The molecule has 136 valence electrons. The summed E-state index contributed by atoms with van der Waals surface area (Å²) in [4.78, 5) is 34.7. The summed E-state index contributed by atoms with van der Waals surface area (Å²) in [6.07, 6.45) is 5.32. The molecule has 1 amide bonds. The molecule has 0 radical (unpaired) electrons. The number of amides is 1. The van der Waals surface area contributed by atoms with Gasteiger partial charge >= 0.3 is 0 Å². The van der Waals surface area contributed by atoms with Crippen LogP contribution >= 0.6 is 0 Å². The van der Waals surface area contributed by atoms with Crippen LogP contribution in [0.2, 0.25) is 0 Å². The maximum atomic E-state index is 12.2. The fourth-order valence-corrected chi connectivity index (χ4v) is 3.15. The lowest BCUT2D eigenvalue weighted by atomic mass is 9.95. The lowest BCUT2D eigenvalue weighted by Crippen LogP contribution is -2.40. The zero-order valence-corrected chi connectivity index (χ0v) is 14.3. The van der Waals surface area contributed by atoms with Gasteiger partial charge in [0.2, 0.25) is 5.91 Å². The third-order valence-electron chi connectivity index (χ3n) is 4.48. The molecular formula is C18H20N4O4. The van der Waals surface area contributed by atoms with Crippen molar-refractivity contribution in [2.45, 2.75) is 44.7 Å². The van der Waals surface area contributed by atoms with Gasteiger partial charge in [-0.05, 0) is 18.9 Å². The van der Waals surface area contributed by atoms with Gasteiger partial charge in [-0.3, -0.25) is 19.7 Å². The van der Waals surface area contributed by atoms with Crippen LogP contribution in [-0.4, -0.2) is 26.7 Å². The summed E-state index contributed by atoms with van der Waals surface area (Å²) in [5, 5.41) is 18.1. The van der Waals surface area contributed by atoms with Gasteiger partial charge in [0.25, 0.3) is 11.2 Å². The van der Waals surface area contributed by atoms with Crippen LogP contribution in [0.25, 0.3) is 11.3 Å². The van der Waals surface area contributed by atoms with Crippen molar-refractivity contribution in [3.63, 3.8) is 0 Å². The molecule has 1 heterocycles. The first-order valence-electron chi connectivity index (χ1n) is 8.65. The molecule has 0 spiro atoms. The molecule has 0 bridgehead atoms. The van der Waals surface area contributed by atoms with Crippen molar-refractivity contribution in [3.8, 4) is 11.3 Å². The summed E-state index contributed by atoms with van der Waals surface area (Å²) in [5.41, 5.74) is 0.467. The Morgan fingerprint density at radius 1 is 1.23 bits per heavy atom. The number of nitrogens with zero attached hydrogens (tertiary/aromatic N) is 3. The van der Waals surface area contributed by atoms with Gasteiger partial charge in [0.15, 0.2) is 0 Å². The highest BCUT2D eigenvalue weighted by Crippen LogP contribution is 2.21. The van der Waals surface area contributed by atoms with Crippen LogP contribution in [0.3, 0.4) is 0 Å². The minimum atomic E-state index is -0.489. The van der Waals surface area contributed by atoms with Crippen LogP contribution in [0.5, 0.6) is 0 Å². The lowest BCUT2D eigenvalue weighted by Gasteiger charge is -2.22. The van der Waals surface area contributed by atoms with Gasteiger partial charge in [-0.15, -0.1) is 0 Å². The largest absolute Gasteiger partial charge is 0.352 e. The smallest absolute Gasteiger partial charge is 0.270 e. The molecular weight excluding hydrogens is 336 g/mol. The number of hydrogen-bond donors (Lipinski definition) is 1. The molecule has 1 aliphatic rings. The van der Waals surface area contributed by atoms with Crippen molar-refractivity contribution in [1.29, 1.82) is 0 Å². The molecule has 0 atom stereocenters. The molecule has 0 saturated heterocycles. The van der Waals surface area contributed by atoms with E-state index in [2.05, 4.69) is 10.4 Å². The number of non-ortho nitro benzene ring substituents is 1. The van der Waals surface area contributed by atoms with E-state index >= 15 is 0 Å². The van der Waals surface area contributed by atoms with E-state index < -0.39 is 10.5 Å². The lowest BCUT2D eigenvalue weighted by molar-refractivity contribution is -0.384. The molecule has 1 N–H and O–H groups in total. The highest BCUT2D eigenvalue weighted by Gasteiger charge is 2.17. The Morgan fingerprint density at radius 2 is 2.00 bits per heavy atom. The Kier molecular flexibility index (Phi) is 5.40. The van der Waals surface area contributed by atoms with Crippen molar-refractivity contribution in [2.75, 3.05) is 0 Å². The fraction of sp³-hybridized carbons (Fsp3) is 0.389. The molecule has 8 nitrogen and oxygen atoms in total. The average molecular weight is 356 g/mol. The van der Waals surface area contributed by atoms with Crippen molar-refractivity contribution in [1.82, 2.24) is 15.1 Å². The molecule has 26 heavy (non-hydrogen) atoms. The monoisotopic (exact) mass is 356 g/mol. The number of rotatable bonds is 5. The molecule has 0 aliphatic heterocycles. The molecule has 8 heteroatoms. The standard InChI is InChI=1S/C18H20N4O4/c23-17(19-14-6-2-1-3-7-14)12-21-18(24)10-9-16(20-21)13-5-4-8-15(11-13)22(25)26/h4-5,8-11,14H,1-3,6-7,12H2,(H,19,23). The first-order valence-corrected chi connectivity index (χ1v) is 8.65. The van der Waals surface area contributed by atoms with Crippen LogP contribution in [0.4, 0.5) is 5.69 Å². The van der Waals surface area contributed by atoms with E-state index in [0.29, 0.717) is 11.3 Å². The van der Waals surface area contributed by atoms with E-state index in [0.717, 1.165) is 30.4 Å². The fourth-order valence-electron chi connectivity index (χ4n) is 3.15. The zero-order valence-electron chi connectivity index (χ0n) is 14.3. The van der Waals surface area contributed by atoms with Gasteiger partial charge in [0, 0.05) is 29.8 Å². The number of aromatic nitrogens is 2. The van der Waals surface area contributed by atoms with Crippen molar-refractivity contribution >= 4 is 11.6 Å². The second-order valence-electron chi connectivity index (χ2n) is 6.42. The summed E-state index contributed by atoms with van der Waals surface area (Å²) in [6.45, 7) is -0.169. The second-order valence-corrected chi connectivity index (χ2v) is 6.42. The van der Waals surface area contributed by atoms with E-state index in [9.17, 15) is 19.7 Å². The predicted octanol–water partition coefficient (Wildman–Crippen LogP) is 2.27. The molecule has 1 aromatic carbocycles. The van der Waals surface area contributed by atoms with Gasteiger partial charge in [0.1, 0.15) is 6.54 Å². The Bertz CT molecular complexity index is 871. The average Bonchev–Trinajstić information content (AvgIpc) is 2.64. The Morgan fingerprint density at radius 3 is 2.73 bits per heavy atom. The first kappa shape index (κ1) is 17.8. The summed E-state index contributed by atoms with van der Waals surface area (Å²) in [7, 11) is 0. The number of nitrogens with one attached hydrogen (secondary N) is 1. The minimum Gasteiger partial charge on any atom is -0.352 e. The highest BCUT2D eigenvalue weighted by molar-refractivity contribution is 5.76. The Labute approximate surface area is 150 Å². The van der Waals surface area contributed by atoms with Crippen LogP contribution in [0.15, 0.2) is 41.2 Å². The van der Waals surface area contributed by atoms with Gasteiger partial charge < -0.3 is 5.32 Å². The number of hydrogen-bond acceptors (Lipinski definition) is 5. The van der Waals surface area contributed by atoms with Crippen LogP contribution in [0, 0.1) is 10.1 Å². The zero-order chi connectivity index (χ0) is 18.5.